The number of aromatic amines is 1. The van der Waals surface area contributed by atoms with Gasteiger partial charge in [0.15, 0.2) is 39.7 Å². The summed E-state index contributed by atoms with van der Waals surface area (Å²) in [5.74, 6) is -2.17. The van der Waals surface area contributed by atoms with Crippen LogP contribution in [-0.4, -0.2) is 135 Å². The van der Waals surface area contributed by atoms with E-state index >= 15 is 0 Å². The second kappa shape index (κ2) is 20.9. The monoisotopic (exact) mass is 1120 g/mol. The number of hydrogen-bond donors (Lipinski definition) is 12. The summed E-state index contributed by atoms with van der Waals surface area (Å²) in [4.78, 5) is 86.0. The molecule has 4 heterocycles. The maximum atomic E-state index is 14.1. The Hall–Kier alpha value is -6.71. The third kappa shape index (κ3) is 11.8. The van der Waals surface area contributed by atoms with Gasteiger partial charge in [-0.3, -0.25) is 43.0 Å². The van der Waals surface area contributed by atoms with Crippen molar-refractivity contribution in [1.82, 2.24) is 30.1 Å². The second-order valence-electron chi connectivity index (χ2n) is 16.3. The maximum absolute atomic E-state index is 14.1. The van der Waals surface area contributed by atoms with Crippen LogP contribution in [0.1, 0.15) is 29.4 Å². The molecule has 2 aliphatic heterocycles. The number of aliphatic hydroxyl groups is 1. The number of nitrogens with two attached hydrogens (primary N) is 2. The number of benzene rings is 3. The van der Waals surface area contributed by atoms with Gasteiger partial charge >= 0.3 is 27.4 Å². The minimum Gasteiger partial charge on any atom is -0.453 e. The SMILES string of the molecule is CN(CCCC(=O)NCCNC(=O)O[C@H]1[C@@H](O)[C@H]([n+]2cn(C)c3c(=O)[nH]c(N)nc32)O[C@@H]1COP(=O)(O)OP(=O)(O)O)C(=O)c1ccccc1-c1c2ccc(=N)c(S(=O)(=O)O)c-2oc2c(S(=O)(=O)O)c(N)ccc12. The Labute approximate surface area is 415 Å². The highest BCUT2D eigenvalue weighted by molar-refractivity contribution is 7.86. The van der Waals surface area contributed by atoms with Crippen LogP contribution < -0.4 is 37.6 Å². The molecule has 1 unspecified atom stereocenters. The van der Waals surface area contributed by atoms with Gasteiger partial charge in [0.1, 0.15) is 6.10 Å². The Morgan fingerprint density at radius 3 is 2.34 bits per heavy atom. The number of anilines is 2. The van der Waals surface area contributed by atoms with E-state index in [-0.39, 0.29) is 77.2 Å². The largest absolute Gasteiger partial charge is 0.481 e. The highest BCUT2D eigenvalue weighted by Gasteiger charge is 2.51. The number of nitrogen functional groups attached to an aromatic ring is 2. The number of phosphoric acid groups is 2. The maximum Gasteiger partial charge on any atom is 0.481 e. The van der Waals surface area contributed by atoms with Crippen molar-refractivity contribution in [3.05, 3.63) is 76.1 Å². The van der Waals surface area contributed by atoms with Gasteiger partial charge in [-0.2, -0.15) is 21.1 Å². The van der Waals surface area contributed by atoms with E-state index in [4.69, 9.17) is 40.6 Å². The van der Waals surface area contributed by atoms with Gasteiger partial charge in [-0.05, 0) is 42.3 Å². The Morgan fingerprint density at radius 2 is 1.66 bits per heavy atom. The number of aromatic nitrogens is 4. The van der Waals surface area contributed by atoms with Crippen molar-refractivity contribution in [3.63, 3.8) is 0 Å². The molecule has 0 spiro atoms. The van der Waals surface area contributed by atoms with Crippen molar-refractivity contribution < 1.29 is 96.5 Å². The number of imidazole rings is 1. The predicted molar refractivity (Wildman–Crippen MR) is 250 cm³/mol. The molecule has 0 saturated carbocycles. The number of amides is 3. The van der Waals surface area contributed by atoms with Gasteiger partial charge in [0.2, 0.25) is 17.7 Å². The summed E-state index contributed by atoms with van der Waals surface area (Å²) < 4.78 is 122. The van der Waals surface area contributed by atoms with Gasteiger partial charge in [0.25, 0.3) is 37.7 Å². The van der Waals surface area contributed by atoms with Crippen LogP contribution in [0.25, 0.3) is 44.6 Å². The molecule has 2 aromatic heterocycles. The smallest absolute Gasteiger partial charge is 0.453 e. The van der Waals surface area contributed by atoms with E-state index in [2.05, 4.69) is 29.4 Å². The molecule has 2 aromatic carbocycles. The first-order valence-electron chi connectivity index (χ1n) is 21.2. The first-order valence-corrected chi connectivity index (χ1v) is 27.1. The van der Waals surface area contributed by atoms with Crippen molar-refractivity contribution in [1.29, 1.82) is 5.41 Å². The zero-order valence-electron chi connectivity index (χ0n) is 38.2. The summed E-state index contributed by atoms with van der Waals surface area (Å²) in [6.45, 7) is -1.55. The van der Waals surface area contributed by atoms with Crippen molar-refractivity contribution in [3.8, 4) is 22.5 Å². The molecule has 398 valence electrons. The van der Waals surface area contributed by atoms with Crippen LogP contribution in [0.2, 0.25) is 0 Å². The van der Waals surface area contributed by atoms with Crippen LogP contribution in [0, 0.1) is 5.41 Å². The molecule has 74 heavy (non-hydrogen) atoms. The minimum absolute atomic E-state index is 0.00250. The lowest BCUT2D eigenvalue weighted by Gasteiger charge is -2.22. The average molecular weight is 1120 g/mol. The van der Waals surface area contributed by atoms with E-state index in [1.54, 1.807) is 0 Å². The molecule has 0 bridgehead atoms. The van der Waals surface area contributed by atoms with Gasteiger partial charge in [0.05, 0.1) is 24.7 Å². The number of nitrogens with zero attached hydrogens (tertiary/aromatic N) is 4. The van der Waals surface area contributed by atoms with E-state index in [1.807, 2.05) is 0 Å². The molecular weight excluding hydrogens is 1070 g/mol. The van der Waals surface area contributed by atoms with Gasteiger partial charge in [0, 0.05) is 55.2 Å². The number of phosphoric ester groups is 1. The van der Waals surface area contributed by atoms with Crippen LogP contribution in [0.15, 0.2) is 73.9 Å². The summed E-state index contributed by atoms with van der Waals surface area (Å²) in [5.41, 5.74) is 9.67. The van der Waals surface area contributed by atoms with E-state index in [0.29, 0.717) is 0 Å². The molecule has 5 atom stereocenters. The Morgan fingerprint density at radius 1 is 0.986 bits per heavy atom. The molecule has 3 amide bonds. The Bertz CT molecular complexity index is 3660. The van der Waals surface area contributed by atoms with E-state index in [1.165, 1.54) is 66.3 Å². The number of carbonyl (C=O) groups excluding carboxylic acids is 3. The number of ether oxygens (including phenoxy) is 2. The summed E-state index contributed by atoms with van der Waals surface area (Å²) >= 11 is 0. The molecule has 0 radical (unpaired) electrons. The minimum atomic E-state index is -5.55. The summed E-state index contributed by atoms with van der Waals surface area (Å²) in [5, 5.41) is 23.6. The third-order valence-electron chi connectivity index (χ3n) is 11.1. The van der Waals surface area contributed by atoms with E-state index in [0.717, 1.165) is 16.7 Å². The molecule has 1 fully saturated rings. The Balaban J connectivity index is 0.993. The topological polar surface area (TPSA) is 483 Å². The number of H-pyrrole nitrogens is 1. The van der Waals surface area contributed by atoms with E-state index in [9.17, 15) is 64.2 Å². The lowest BCUT2D eigenvalue weighted by Crippen LogP contribution is -2.47. The quantitative estimate of drug-likeness (QED) is 0.0128. The van der Waals surface area contributed by atoms with Gasteiger partial charge < -0.3 is 60.7 Å². The average Bonchev–Trinajstić information content (AvgIpc) is 3.78. The predicted octanol–water partition coefficient (Wildman–Crippen LogP) is -0.548. The first-order chi connectivity index (χ1) is 34.5. The molecule has 1 aliphatic carbocycles. The van der Waals surface area contributed by atoms with E-state index < -0.39 is 123 Å². The molecule has 4 aromatic rings. The van der Waals surface area contributed by atoms with Crippen LogP contribution in [-0.2, 0) is 59.5 Å². The zero-order valence-corrected chi connectivity index (χ0v) is 41.6. The normalized spacial score (nSPS) is 18.1. The summed E-state index contributed by atoms with van der Waals surface area (Å²) in [6.07, 6.45) is -6.78. The Kier molecular flexibility index (Phi) is 15.5. The first kappa shape index (κ1) is 55.0. The van der Waals surface area contributed by atoms with Gasteiger partial charge in [-0.15, -0.1) is 0 Å². The lowest BCUT2D eigenvalue weighted by molar-refractivity contribution is -0.745. The number of rotatable bonds is 18. The van der Waals surface area contributed by atoms with Crippen LogP contribution >= 0.6 is 15.6 Å². The second-order valence-corrected chi connectivity index (χ2v) is 21.8. The molecule has 1 saturated heterocycles. The van der Waals surface area contributed by atoms with Gasteiger partial charge in [-0.1, -0.05) is 23.2 Å². The molecule has 35 heteroatoms. The summed E-state index contributed by atoms with van der Waals surface area (Å²) in [6, 6.07) is 10.6. The fourth-order valence-corrected chi connectivity index (χ4v) is 11.2. The summed E-state index contributed by atoms with van der Waals surface area (Å²) in [7, 11) is -18.5. The van der Waals surface area contributed by atoms with Crippen LogP contribution in [0.4, 0.5) is 16.4 Å². The molecule has 14 N–H and O–H groups in total. The number of carbonyl (C=O) groups is 3. The van der Waals surface area contributed by atoms with Crippen LogP contribution in [0.3, 0.4) is 0 Å². The number of hydrogen-bond acceptors (Lipinski definition) is 20. The number of fused-ring (bicyclic) bond motifs is 3. The number of aliphatic hydroxyl groups excluding tert-OH is 1. The molecular formula is C39H45N10O21P2S2+. The van der Waals surface area contributed by atoms with Crippen molar-refractivity contribution in [2.45, 2.75) is 47.2 Å². The van der Waals surface area contributed by atoms with Crippen molar-refractivity contribution >= 4 is 87.6 Å². The number of aryl methyl sites for hydroxylation is 1. The van der Waals surface area contributed by atoms with Crippen LogP contribution in [0.5, 0.6) is 0 Å². The van der Waals surface area contributed by atoms with Crippen molar-refractivity contribution in [2.24, 2.45) is 7.05 Å². The standard InChI is InChI=1S/C39H44N10O21P2S2/c1-47(36(53)19-7-4-3-6-18(19)26-20-9-11-22(40)32(73(60,61)62)29(20)68-30-21(26)10-12-23(41)33(30)74(63,64)65)15-5-8-25(50)43-13-14-44-39(54)69-31-24(16-66-72(58,59)70-71(55,56)57)67-37(28(31)51)49-17-48(2)27-34(49)45-38(42)46-35(27)52/h3-4,6-7,9-12,17,24,28,31,37,51H,5,8,13-16H2,1-2H3,(H12-,40,41,42,43,44,45,46,50,52,54,55,56,57,58,59,60,61,62,63,64,65)/p+1/t24-,28-,31-,37-/m1/s1. The fraction of sp³-hybridized carbons (Fsp3) is 0.308. The highest BCUT2D eigenvalue weighted by Crippen LogP contribution is 2.58. The van der Waals surface area contributed by atoms with Gasteiger partial charge in [-0.25, -0.2) is 18.5 Å². The third-order valence-corrected chi connectivity index (χ3v) is 15.1. The number of alkyl carbamates (subject to hydrolysis) is 1. The highest BCUT2D eigenvalue weighted by atomic mass is 32.2. The van der Waals surface area contributed by atoms with Crippen molar-refractivity contribution in [2.75, 3.05) is 44.8 Å². The fourth-order valence-electron chi connectivity index (χ4n) is 8.10. The lowest BCUT2D eigenvalue weighted by atomic mass is 9.90. The molecule has 3 aliphatic rings. The molecule has 7 rings (SSSR count). The zero-order chi connectivity index (χ0) is 54.4. The number of nitrogens with one attached hydrogen (secondary N) is 4. The molecule has 31 nitrogen and oxygen atoms in total.